The standard InChI is InChI=1S/C17H20Cl2N2O3/c1-2-17(24)21-5-3-11(4-6-21)7-12(22)10-20-15-8-13(18)14(19)9-16(15)23/h2,8-9,11,20,23H,1,3-7,10H2. The van der Waals surface area contributed by atoms with Gasteiger partial charge in [0.1, 0.15) is 5.75 Å². The summed E-state index contributed by atoms with van der Waals surface area (Å²) in [5, 5.41) is 13.2. The van der Waals surface area contributed by atoms with Crippen molar-refractivity contribution in [2.75, 3.05) is 25.0 Å². The van der Waals surface area contributed by atoms with Crippen LogP contribution in [0.25, 0.3) is 0 Å². The van der Waals surface area contributed by atoms with Crippen LogP contribution in [0.1, 0.15) is 19.3 Å². The Morgan fingerprint density at radius 1 is 1.29 bits per heavy atom. The molecule has 0 saturated carbocycles. The third kappa shape index (κ3) is 4.89. The molecule has 0 aromatic heterocycles. The van der Waals surface area contributed by atoms with Crippen LogP contribution in [0.3, 0.4) is 0 Å². The molecular formula is C17H20Cl2N2O3. The van der Waals surface area contributed by atoms with Gasteiger partial charge in [-0.2, -0.15) is 0 Å². The highest BCUT2D eigenvalue weighted by atomic mass is 35.5. The second-order valence-corrected chi connectivity index (χ2v) is 6.67. The third-order valence-electron chi connectivity index (χ3n) is 4.13. The van der Waals surface area contributed by atoms with Crippen LogP contribution in [0.4, 0.5) is 5.69 Å². The first-order valence-corrected chi connectivity index (χ1v) is 8.51. The summed E-state index contributed by atoms with van der Waals surface area (Å²) in [6.07, 6.45) is 3.39. The molecule has 7 heteroatoms. The molecule has 1 aromatic carbocycles. The minimum Gasteiger partial charge on any atom is -0.506 e. The van der Waals surface area contributed by atoms with Gasteiger partial charge in [-0.25, -0.2) is 0 Å². The number of anilines is 1. The second-order valence-electron chi connectivity index (χ2n) is 5.85. The quantitative estimate of drug-likeness (QED) is 0.593. The Hall–Kier alpha value is -1.72. The summed E-state index contributed by atoms with van der Waals surface area (Å²) in [4.78, 5) is 25.4. The molecule has 1 heterocycles. The van der Waals surface area contributed by atoms with Gasteiger partial charge < -0.3 is 15.3 Å². The zero-order chi connectivity index (χ0) is 17.7. The molecule has 0 bridgehead atoms. The molecule has 0 atom stereocenters. The number of nitrogens with zero attached hydrogens (tertiary/aromatic N) is 1. The average molecular weight is 371 g/mol. The monoisotopic (exact) mass is 370 g/mol. The van der Waals surface area contributed by atoms with Crippen molar-refractivity contribution in [3.8, 4) is 5.75 Å². The van der Waals surface area contributed by atoms with E-state index in [1.807, 2.05) is 0 Å². The number of phenols is 1. The molecule has 1 amide bonds. The van der Waals surface area contributed by atoms with Crippen LogP contribution in [-0.2, 0) is 9.59 Å². The summed E-state index contributed by atoms with van der Waals surface area (Å²) < 4.78 is 0. The van der Waals surface area contributed by atoms with E-state index in [2.05, 4.69) is 11.9 Å². The Kier molecular flexibility index (Phi) is 6.52. The van der Waals surface area contributed by atoms with Crippen molar-refractivity contribution in [3.05, 3.63) is 34.8 Å². The van der Waals surface area contributed by atoms with Gasteiger partial charge in [-0.15, -0.1) is 0 Å². The smallest absolute Gasteiger partial charge is 0.245 e. The maximum atomic E-state index is 12.1. The molecule has 0 unspecified atom stereocenters. The second kappa shape index (κ2) is 8.40. The van der Waals surface area contributed by atoms with Crippen molar-refractivity contribution in [1.29, 1.82) is 0 Å². The number of ketones is 1. The van der Waals surface area contributed by atoms with Crippen molar-refractivity contribution in [1.82, 2.24) is 4.90 Å². The largest absolute Gasteiger partial charge is 0.506 e. The number of rotatable bonds is 6. The molecule has 1 aliphatic rings. The lowest BCUT2D eigenvalue weighted by Crippen LogP contribution is -2.38. The van der Waals surface area contributed by atoms with Crippen LogP contribution in [-0.4, -0.2) is 41.3 Å². The number of carbonyl (C=O) groups excluding carboxylic acids is 2. The summed E-state index contributed by atoms with van der Waals surface area (Å²) in [7, 11) is 0. The minimum absolute atomic E-state index is 0.0477. The van der Waals surface area contributed by atoms with E-state index in [1.165, 1.54) is 18.2 Å². The Bertz CT molecular complexity index is 641. The van der Waals surface area contributed by atoms with Gasteiger partial charge in [0.15, 0.2) is 5.78 Å². The predicted octanol–water partition coefficient (Wildman–Crippen LogP) is 3.49. The highest BCUT2D eigenvalue weighted by Crippen LogP contribution is 2.33. The molecule has 0 aliphatic carbocycles. The van der Waals surface area contributed by atoms with Crippen molar-refractivity contribution < 1.29 is 14.7 Å². The van der Waals surface area contributed by atoms with Gasteiger partial charge in [0, 0.05) is 25.6 Å². The molecular weight excluding hydrogens is 351 g/mol. The summed E-state index contributed by atoms with van der Waals surface area (Å²) in [6, 6.07) is 2.83. The van der Waals surface area contributed by atoms with Gasteiger partial charge in [0.05, 0.1) is 22.3 Å². The summed E-state index contributed by atoms with van der Waals surface area (Å²) in [5.41, 5.74) is 0.379. The molecule has 0 spiro atoms. The Morgan fingerprint density at radius 2 is 1.92 bits per heavy atom. The number of halogens is 2. The van der Waals surface area contributed by atoms with Crippen molar-refractivity contribution in [2.24, 2.45) is 5.92 Å². The van der Waals surface area contributed by atoms with Gasteiger partial charge in [-0.3, -0.25) is 9.59 Å². The Labute approximate surface area is 151 Å². The number of phenolic OH excluding ortho intramolecular Hbond substituents is 1. The van der Waals surface area contributed by atoms with E-state index < -0.39 is 0 Å². The van der Waals surface area contributed by atoms with Gasteiger partial charge in [0.2, 0.25) is 5.91 Å². The number of nitrogens with one attached hydrogen (secondary N) is 1. The highest BCUT2D eigenvalue weighted by molar-refractivity contribution is 6.42. The number of aromatic hydroxyl groups is 1. The van der Waals surface area contributed by atoms with E-state index in [0.29, 0.717) is 30.2 Å². The van der Waals surface area contributed by atoms with Crippen LogP contribution in [0.2, 0.25) is 10.0 Å². The molecule has 130 valence electrons. The zero-order valence-electron chi connectivity index (χ0n) is 13.2. The topological polar surface area (TPSA) is 69.6 Å². The van der Waals surface area contributed by atoms with Gasteiger partial charge >= 0.3 is 0 Å². The third-order valence-corrected chi connectivity index (χ3v) is 4.85. The molecule has 1 saturated heterocycles. The van der Waals surface area contributed by atoms with Crippen LogP contribution in [0.15, 0.2) is 24.8 Å². The Morgan fingerprint density at radius 3 is 2.54 bits per heavy atom. The fraction of sp³-hybridized carbons (Fsp3) is 0.412. The number of benzene rings is 1. The predicted molar refractivity (Wildman–Crippen MR) is 95.7 cm³/mol. The highest BCUT2D eigenvalue weighted by Gasteiger charge is 2.23. The first-order valence-electron chi connectivity index (χ1n) is 7.75. The number of piperidine rings is 1. The minimum atomic E-state index is -0.0588. The number of carbonyl (C=O) groups is 2. The molecule has 2 N–H and O–H groups in total. The maximum Gasteiger partial charge on any atom is 0.245 e. The fourth-order valence-electron chi connectivity index (χ4n) is 2.75. The van der Waals surface area contributed by atoms with E-state index in [-0.39, 0.29) is 34.9 Å². The zero-order valence-corrected chi connectivity index (χ0v) is 14.7. The van der Waals surface area contributed by atoms with Crippen LogP contribution in [0.5, 0.6) is 5.75 Å². The van der Waals surface area contributed by atoms with Gasteiger partial charge in [-0.1, -0.05) is 29.8 Å². The number of hydrogen-bond donors (Lipinski definition) is 2. The number of amides is 1. The first-order chi connectivity index (χ1) is 11.4. The van der Waals surface area contributed by atoms with E-state index >= 15 is 0 Å². The van der Waals surface area contributed by atoms with E-state index in [4.69, 9.17) is 23.2 Å². The van der Waals surface area contributed by atoms with Crippen molar-refractivity contribution in [3.63, 3.8) is 0 Å². The lowest BCUT2D eigenvalue weighted by Gasteiger charge is -2.31. The van der Waals surface area contributed by atoms with Crippen LogP contribution < -0.4 is 5.32 Å². The molecule has 5 nitrogen and oxygen atoms in total. The van der Waals surface area contributed by atoms with Crippen LogP contribution >= 0.6 is 23.2 Å². The molecule has 24 heavy (non-hydrogen) atoms. The normalized spacial score (nSPS) is 15.2. The lowest BCUT2D eigenvalue weighted by atomic mass is 9.91. The van der Waals surface area contributed by atoms with E-state index in [1.54, 1.807) is 4.90 Å². The first kappa shape index (κ1) is 18.6. The molecule has 1 aliphatic heterocycles. The van der Waals surface area contributed by atoms with Crippen molar-refractivity contribution in [2.45, 2.75) is 19.3 Å². The number of Topliss-reactive ketones (excluding diaryl/α,β-unsaturated/α-hetero) is 1. The van der Waals surface area contributed by atoms with Gasteiger partial charge in [0.25, 0.3) is 0 Å². The summed E-state index contributed by atoms with van der Waals surface area (Å²) in [5.74, 6) is 0.217. The lowest BCUT2D eigenvalue weighted by molar-refractivity contribution is -0.127. The maximum absolute atomic E-state index is 12.1. The van der Waals surface area contributed by atoms with Gasteiger partial charge in [-0.05, 0) is 30.9 Å². The molecule has 1 fully saturated rings. The Balaban J connectivity index is 1.79. The molecule has 0 radical (unpaired) electrons. The summed E-state index contributed by atoms with van der Waals surface area (Å²) >= 11 is 11.7. The van der Waals surface area contributed by atoms with Crippen LogP contribution in [0, 0.1) is 5.92 Å². The SMILES string of the molecule is C=CC(=O)N1CCC(CC(=O)CNc2cc(Cl)c(Cl)cc2O)CC1. The van der Waals surface area contributed by atoms with E-state index in [0.717, 1.165) is 12.8 Å². The van der Waals surface area contributed by atoms with E-state index in [9.17, 15) is 14.7 Å². The van der Waals surface area contributed by atoms with Crippen molar-refractivity contribution >= 4 is 40.6 Å². The molecule has 2 rings (SSSR count). The number of hydrogen-bond acceptors (Lipinski definition) is 4. The summed E-state index contributed by atoms with van der Waals surface area (Å²) in [6.45, 7) is 4.90. The number of likely N-dealkylation sites (tertiary alicyclic amines) is 1. The average Bonchev–Trinajstić information content (AvgIpc) is 2.57. The fourth-order valence-corrected chi connectivity index (χ4v) is 3.07. The molecule has 1 aromatic rings.